The second-order valence-corrected chi connectivity index (χ2v) is 6.61. The zero-order valence-corrected chi connectivity index (χ0v) is 14.3. The van der Waals surface area contributed by atoms with Crippen molar-refractivity contribution in [1.82, 2.24) is 14.6 Å². The smallest absolute Gasteiger partial charge is 0.169 e. The van der Waals surface area contributed by atoms with Crippen LogP contribution in [0.1, 0.15) is 13.3 Å². The first-order valence-corrected chi connectivity index (χ1v) is 8.34. The van der Waals surface area contributed by atoms with Gasteiger partial charge in [-0.15, -0.1) is 0 Å². The van der Waals surface area contributed by atoms with Crippen LogP contribution in [-0.2, 0) is 4.74 Å². The van der Waals surface area contributed by atoms with E-state index >= 15 is 0 Å². The maximum atomic E-state index is 6.09. The van der Waals surface area contributed by atoms with Gasteiger partial charge in [-0.2, -0.15) is 5.10 Å². The quantitative estimate of drug-likeness (QED) is 0.699. The van der Waals surface area contributed by atoms with Crippen LogP contribution in [-0.4, -0.2) is 33.4 Å². The molecule has 0 aliphatic carbocycles. The summed E-state index contributed by atoms with van der Waals surface area (Å²) in [5, 5.41) is 4.27. The third-order valence-electron chi connectivity index (χ3n) is 4.21. The van der Waals surface area contributed by atoms with E-state index in [0.29, 0.717) is 13.2 Å². The van der Waals surface area contributed by atoms with E-state index in [1.807, 2.05) is 36.7 Å². The number of fused-ring (bicyclic) bond motifs is 1. The molecule has 1 aliphatic heterocycles. The maximum Gasteiger partial charge on any atom is 0.169 e. The van der Waals surface area contributed by atoms with Crippen LogP contribution in [0.15, 0.2) is 47.3 Å². The lowest BCUT2D eigenvalue weighted by atomic mass is 9.98. The molecule has 0 radical (unpaired) electrons. The molecule has 3 heterocycles. The molecule has 0 bridgehead atoms. The maximum absolute atomic E-state index is 6.09. The average molecular weight is 374 g/mol. The van der Waals surface area contributed by atoms with Crippen molar-refractivity contribution in [3.8, 4) is 16.9 Å². The standard InChI is InChI=1S/C17H16BrN3O2/c1-2-17(10-22-11-17)23-14-5-3-12(4-6-14)13-7-19-16-15(18)8-20-21(16)9-13/h3-9H,2,10-11H2,1H3. The van der Waals surface area contributed by atoms with Crippen LogP contribution in [0.4, 0.5) is 0 Å². The second kappa shape index (κ2) is 5.62. The van der Waals surface area contributed by atoms with E-state index < -0.39 is 0 Å². The van der Waals surface area contributed by atoms with Crippen molar-refractivity contribution in [3.05, 3.63) is 47.3 Å². The Morgan fingerprint density at radius 3 is 2.65 bits per heavy atom. The van der Waals surface area contributed by atoms with Crippen LogP contribution in [0.3, 0.4) is 0 Å². The molecular weight excluding hydrogens is 358 g/mol. The number of hydrogen-bond donors (Lipinski definition) is 0. The normalized spacial score (nSPS) is 16.3. The molecule has 0 saturated carbocycles. The summed E-state index contributed by atoms with van der Waals surface area (Å²) >= 11 is 3.43. The van der Waals surface area contributed by atoms with E-state index in [9.17, 15) is 0 Å². The summed E-state index contributed by atoms with van der Waals surface area (Å²) in [5.74, 6) is 0.870. The molecule has 3 aromatic rings. The van der Waals surface area contributed by atoms with Gasteiger partial charge >= 0.3 is 0 Å². The molecule has 1 aromatic carbocycles. The lowest BCUT2D eigenvalue weighted by Crippen LogP contribution is -2.53. The van der Waals surface area contributed by atoms with Crippen molar-refractivity contribution in [2.45, 2.75) is 18.9 Å². The summed E-state index contributed by atoms with van der Waals surface area (Å²) < 4.78 is 14.0. The van der Waals surface area contributed by atoms with Gasteiger partial charge in [-0.1, -0.05) is 19.1 Å². The van der Waals surface area contributed by atoms with Gasteiger partial charge in [0.1, 0.15) is 5.75 Å². The average Bonchev–Trinajstić information content (AvgIpc) is 2.92. The zero-order chi connectivity index (χ0) is 15.9. The van der Waals surface area contributed by atoms with E-state index in [4.69, 9.17) is 9.47 Å². The highest BCUT2D eigenvalue weighted by molar-refractivity contribution is 9.10. The third kappa shape index (κ3) is 2.62. The Morgan fingerprint density at radius 1 is 1.22 bits per heavy atom. The first-order chi connectivity index (χ1) is 11.2. The Labute approximate surface area is 142 Å². The monoisotopic (exact) mass is 373 g/mol. The van der Waals surface area contributed by atoms with Gasteiger partial charge in [0.25, 0.3) is 0 Å². The van der Waals surface area contributed by atoms with Crippen LogP contribution in [0.25, 0.3) is 16.8 Å². The molecule has 0 amide bonds. The highest BCUT2D eigenvalue weighted by Crippen LogP contribution is 2.30. The summed E-state index contributed by atoms with van der Waals surface area (Å²) in [6, 6.07) is 8.07. The molecule has 4 rings (SSSR count). The lowest BCUT2D eigenvalue weighted by molar-refractivity contribution is -0.162. The van der Waals surface area contributed by atoms with Gasteiger partial charge in [-0.05, 0) is 40.0 Å². The number of aromatic nitrogens is 3. The lowest BCUT2D eigenvalue weighted by Gasteiger charge is -2.40. The zero-order valence-electron chi connectivity index (χ0n) is 12.7. The van der Waals surface area contributed by atoms with E-state index in [2.05, 4.69) is 32.9 Å². The van der Waals surface area contributed by atoms with Crippen LogP contribution >= 0.6 is 15.9 Å². The van der Waals surface area contributed by atoms with Gasteiger partial charge in [0, 0.05) is 18.0 Å². The van der Waals surface area contributed by atoms with Gasteiger partial charge in [-0.25, -0.2) is 9.50 Å². The summed E-state index contributed by atoms with van der Waals surface area (Å²) in [5.41, 5.74) is 2.75. The van der Waals surface area contributed by atoms with E-state index in [1.165, 1.54) is 0 Å². The van der Waals surface area contributed by atoms with Crippen molar-refractivity contribution < 1.29 is 9.47 Å². The van der Waals surface area contributed by atoms with Gasteiger partial charge < -0.3 is 9.47 Å². The first kappa shape index (κ1) is 14.7. The predicted molar refractivity (Wildman–Crippen MR) is 90.6 cm³/mol. The van der Waals surface area contributed by atoms with Crippen molar-refractivity contribution >= 4 is 21.6 Å². The molecule has 5 nitrogen and oxygen atoms in total. The molecule has 0 unspecified atom stereocenters. The van der Waals surface area contributed by atoms with Crippen LogP contribution in [0, 0.1) is 0 Å². The highest BCUT2D eigenvalue weighted by Gasteiger charge is 2.39. The molecule has 1 fully saturated rings. The highest BCUT2D eigenvalue weighted by atomic mass is 79.9. The third-order valence-corrected chi connectivity index (χ3v) is 4.77. The Bertz CT molecular complexity index is 835. The van der Waals surface area contributed by atoms with Crippen LogP contribution in [0.5, 0.6) is 5.75 Å². The molecule has 118 valence electrons. The molecule has 6 heteroatoms. The number of ether oxygens (including phenoxy) is 2. The number of hydrogen-bond acceptors (Lipinski definition) is 4. The summed E-state index contributed by atoms with van der Waals surface area (Å²) in [7, 11) is 0. The van der Waals surface area contributed by atoms with Crippen molar-refractivity contribution in [2.75, 3.05) is 13.2 Å². The fourth-order valence-corrected chi connectivity index (χ4v) is 3.00. The molecule has 2 aromatic heterocycles. The second-order valence-electron chi connectivity index (χ2n) is 5.76. The Hall–Kier alpha value is -1.92. The predicted octanol–water partition coefficient (Wildman–Crippen LogP) is 3.72. The minimum Gasteiger partial charge on any atom is -0.482 e. The molecule has 0 atom stereocenters. The number of benzene rings is 1. The molecular formula is C17H16BrN3O2. The molecule has 23 heavy (non-hydrogen) atoms. The Morgan fingerprint density at radius 2 is 2.00 bits per heavy atom. The van der Waals surface area contributed by atoms with Crippen molar-refractivity contribution in [3.63, 3.8) is 0 Å². The number of nitrogens with zero attached hydrogens (tertiary/aromatic N) is 3. The molecule has 1 aliphatic rings. The van der Waals surface area contributed by atoms with Crippen molar-refractivity contribution in [2.24, 2.45) is 0 Å². The topological polar surface area (TPSA) is 48.7 Å². The van der Waals surface area contributed by atoms with E-state index in [0.717, 1.165) is 33.4 Å². The molecule has 1 saturated heterocycles. The Kier molecular flexibility index (Phi) is 3.58. The van der Waals surface area contributed by atoms with E-state index in [1.54, 1.807) is 10.7 Å². The number of rotatable bonds is 4. The van der Waals surface area contributed by atoms with Crippen LogP contribution in [0.2, 0.25) is 0 Å². The fourth-order valence-electron chi connectivity index (χ4n) is 2.63. The minimum absolute atomic E-state index is 0.149. The summed E-state index contributed by atoms with van der Waals surface area (Å²) in [4.78, 5) is 4.44. The van der Waals surface area contributed by atoms with E-state index in [-0.39, 0.29) is 5.60 Å². The van der Waals surface area contributed by atoms with Gasteiger partial charge in [0.15, 0.2) is 11.2 Å². The fraction of sp³-hybridized carbons (Fsp3) is 0.294. The summed E-state index contributed by atoms with van der Waals surface area (Å²) in [6.07, 6.45) is 6.51. The Balaban J connectivity index is 1.59. The largest absolute Gasteiger partial charge is 0.482 e. The van der Waals surface area contributed by atoms with Crippen LogP contribution < -0.4 is 4.74 Å². The summed E-state index contributed by atoms with van der Waals surface area (Å²) in [6.45, 7) is 3.46. The minimum atomic E-state index is -0.149. The molecule has 0 N–H and O–H groups in total. The van der Waals surface area contributed by atoms with Gasteiger partial charge in [0.2, 0.25) is 0 Å². The number of halogens is 1. The SMILES string of the molecule is CCC1(Oc2ccc(-c3cnc4c(Br)cnn4c3)cc2)COC1. The van der Waals surface area contributed by atoms with Gasteiger partial charge in [-0.3, -0.25) is 0 Å². The van der Waals surface area contributed by atoms with Crippen molar-refractivity contribution in [1.29, 1.82) is 0 Å². The van der Waals surface area contributed by atoms with Gasteiger partial charge in [0.05, 0.1) is 23.9 Å². The molecule has 0 spiro atoms. The first-order valence-electron chi connectivity index (χ1n) is 7.55.